The minimum Gasteiger partial charge on any atom is -0.455 e. The molecular formula is C135H75N9O3S3. The summed E-state index contributed by atoms with van der Waals surface area (Å²) in [5.74, 6) is 0. The van der Waals surface area contributed by atoms with E-state index in [9.17, 15) is 0 Å². The van der Waals surface area contributed by atoms with Crippen LogP contribution in [0.1, 0.15) is 0 Å². The number of rotatable bonds is 10. The third-order valence-electron chi connectivity index (χ3n) is 29.6. The van der Waals surface area contributed by atoms with Crippen molar-refractivity contribution in [1.82, 2.24) is 34.1 Å². The van der Waals surface area contributed by atoms with Crippen molar-refractivity contribution >= 4 is 248 Å². The Morgan fingerprint density at radius 2 is 0.513 bits per heavy atom. The summed E-state index contributed by atoms with van der Waals surface area (Å²) in [6, 6.07) is 151. The van der Waals surface area contributed by atoms with Crippen LogP contribution in [0.15, 0.2) is 469 Å². The summed E-state index contributed by atoms with van der Waals surface area (Å²) < 4.78 is 31.8. The predicted molar refractivity (Wildman–Crippen MR) is 626 cm³/mol. The Morgan fingerprint density at radius 3 is 0.907 bits per heavy atom. The molecule has 0 unspecified atom stereocenters. The maximum atomic E-state index is 7.71. The lowest BCUT2D eigenvalue weighted by atomic mass is 9.93. The van der Waals surface area contributed by atoms with Crippen LogP contribution in [-0.4, -0.2) is 34.1 Å². The Kier molecular flexibility index (Phi) is 19.8. The first-order valence-electron chi connectivity index (χ1n) is 49.7. The van der Waals surface area contributed by atoms with Gasteiger partial charge in [-0.15, -0.1) is 34.0 Å². The minimum atomic E-state index is 0.633. The number of furan rings is 3. The van der Waals surface area contributed by atoms with Gasteiger partial charge in [0.25, 0.3) is 0 Å². The molecule has 150 heavy (non-hydrogen) atoms. The van der Waals surface area contributed by atoms with Crippen LogP contribution >= 0.6 is 34.0 Å². The molecule has 696 valence electrons. The molecule has 13 aromatic heterocycles. The second-order valence-corrected chi connectivity index (χ2v) is 41.2. The minimum absolute atomic E-state index is 0.633. The fourth-order valence-corrected chi connectivity index (χ4v) is 26.3. The summed E-state index contributed by atoms with van der Waals surface area (Å²) in [7, 11) is 0. The highest BCUT2D eigenvalue weighted by atomic mass is 32.1. The van der Waals surface area contributed by atoms with Gasteiger partial charge in [0.05, 0.1) is 99.1 Å². The van der Waals surface area contributed by atoms with Crippen LogP contribution in [0.4, 0.5) is 11.4 Å². The summed E-state index contributed by atoms with van der Waals surface area (Å²) in [4.78, 5) is 32.8. The first kappa shape index (κ1) is 85.9. The van der Waals surface area contributed by atoms with Gasteiger partial charge in [0.15, 0.2) is 11.4 Å². The first-order chi connectivity index (χ1) is 74.2. The number of thiophene rings is 3. The lowest BCUT2D eigenvalue weighted by Crippen LogP contribution is -1.93. The third-order valence-corrected chi connectivity index (χ3v) is 33.2. The number of hydrogen-bond acceptors (Lipinski definition) is 11. The zero-order valence-electron chi connectivity index (χ0n) is 79.8. The Balaban J connectivity index is 0.000000103. The number of fused-ring (bicyclic) bond motifs is 33. The zero-order chi connectivity index (χ0) is 98.9. The maximum Gasteiger partial charge on any atom is 0.188 e. The third kappa shape index (κ3) is 13.9. The first-order valence-corrected chi connectivity index (χ1v) is 52.2. The fourth-order valence-electron chi connectivity index (χ4n) is 22.7. The Labute approximate surface area is 867 Å². The van der Waals surface area contributed by atoms with Gasteiger partial charge in [0.1, 0.15) is 33.5 Å². The fraction of sp³-hybridized carbons (Fsp3) is 0. The van der Waals surface area contributed by atoms with Crippen LogP contribution in [0.5, 0.6) is 0 Å². The second kappa shape index (κ2) is 34.5. The quantitative estimate of drug-likeness (QED) is 0.124. The average molecular weight is 1970 g/mol. The van der Waals surface area contributed by atoms with E-state index in [2.05, 4.69) is 375 Å². The van der Waals surface area contributed by atoms with Gasteiger partial charge in [-0.05, 0) is 225 Å². The molecule has 0 aliphatic rings. The van der Waals surface area contributed by atoms with Crippen molar-refractivity contribution in [2.24, 2.45) is 0 Å². The van der Waals surface area contributed by atoms with Crippen molar-refractivity contribution in [2.75, 3.05) is 0 Å². The van der Waals surface area contributed by atoms with Crippen molar-refractivity contribution in [3.63, 3.8) is 0 Å². The van der Waals surface area contributed by atoms with Crippen LogP contribution in [-0.2, 0) is 0 Å². The topological polar surface area (TPSA) is 122 Å². The summed E-state index contributed by atoms with van der Waals surface area (Å²) in [5, 5.41) is 21.2. The number of para-hydroxylation sites is 5. The number of nitrogens with zero attached hydrogens (tertiary/aromatic N) is 9. The monoisotopic (exact) mass is 1970 g/mol. The van der Waals surface area contributed by atoms with E-state index in [0.29, 0.717) is 11.4 Å². The van der Waals surface area contributed by atoms with Gasteiger partial charge in [-0.1, -0.05) is 261 Å². The SMILES string of the molecule is [C-]#[N+]c1ccc2c(c1)c1cc(-c3ccc(-c4nc5c(ccc6c7ccccc7sc65)c5oc6ccccc6c45)cc3)ccc1n2-c1ccccc1.[C-]#[N+]c1ccc2c(c1)c1cc(-c3cccc(-c4nc5c(ccc6c7ccccc7sc65)c5oc6ccccc6c45)c3)ccc1n2-c1ccccc1.c1cncc(-c2cc(-c3cccnc3)cc(-c3cccc(-c4nc5c(ccc6c7ccccc7sc65)c5oc6ccccc6c45)c3)c2)c1. The van der Waals surface area contributed by atoms with Gasteiger partial charge in [-0.2, -0.15) is 0 Å². The molecule has 0 saturated carbocycles. The summed E-state index contributed by atoms with van der Waals surface area (Å²) in [6.45, 7) is 15.4. The molecule has 0 aliphatic heterocycles. The van der Waals surface area contributed by atoms with Gasteiger partial charge in [-0.3, -0.25) is 9.97 Å². The van der Waals surface area contributed by atoms with E-state index in [4.69, 9.17) is 41.3 Å². The number of benzene rings is 19. The molecule has 0 N–H and O–H groups in total. The highest BCUT2D eigenvalue weighted by Crippen LogP contribution is 2.52. The zero-order valence-corrected chi connectivity index (χ0v) is 82.2. The van der Waals surface area contributed by atoms with E-state index >= 15 is 0 Å². The standard InChI is InChI=1S/2C46H25N3OS.C43H25N3OS/c1-47-30-19-23-39-37(26-30)36-25-28(18-22-38(36)49(39)31-12-3-2-4-13-31)27-10-9-11-29(24-27)43-42-34-15-5-7-16-40(34)50-45(42)35-21-20-33-32-14-6-8-17-41(32)51-46(33)44(35)48-43;1-47-30-20-24-39-37(26-30)36-25-29(19-23-38(36)49(39)31-9-3-2-4-10-31)27-15-17-28(18-16-27)43-42-34-12-5-7-13-40(34)50-45(42)35-22-21-33-32-11-6-8-14-41(32)51-46(33)44(35)48-43;1-3-14-37-35(13-1)39-40(46-41-36(42(39)47-37)17-16-34-33-12-2-4-15-38(33)48-43(34)41)27-9-5-8-26(20-27)30-21-31(28-10-6-18-44-24-28)23-32(22-30)29-11-7-19-45-25-29/h2*2-26H;1-25H. The molecule has 19 aromatic carbocycles. The second-order valence-electron chi connectivity index (χ2n) is 38.1. The highest BCUT2D eigenvalue weighted by Gasteiger charge is 2.28. The Morgan fingerprint density at radius 1 is 0.213 bits per heavy atom. The maximum absolute atomic E-state index is 7.71. The number of pyridine rings is 5. The van der Waals surface area contributed by atoms with Gasteiger partial charge in [-0.25, -0.2) is 24.6 Å². The van der Waals surface area contributed by atoms with E-state index in [1.807, 2.05) is 110 Å². The van der Waals surface area contributed by atoms with E-state index in [1.54, 1.807) is 34.0 Å². The van der Waals surface area contributed by atoms with Crippen molar-refractivity contribution in [3.8, 4) is 101 Å². The molecule has 0 bridgehead atoms. The summed E-state index contributed by atoms with van der Waals surface area (Å²) in [5.41, 5.74) is 32.8. The lowest BCUT2D eigenvalue weighted by molar-refractivity contribution is 0.672. The molecule has 0 aliphatic carbocycles. The normalized spacial score (nSPS) is 11.9. The predicted octanol–water partition coefficient (Wildman–Crippen LogP) is 38.9. The average Bonchev–Trinajstić information content (AvgIpc) is 1.56. The lowest BCUT2D eigenvalue weighted by Gasteiger charge is -2.13. The van der Waals surface area contributed by atoms with Crippen LogP contribution in [0, 0.1) is 13.1 Å². The molecule has 0 atom stereocenters. The molecule has 12 nitrogen and oxygen atoms in total. The molecule has 0 fully saturated rings. The molecule has 32 rings (SSSR count). The molecule has 15 heteroatoms. The van der Waals surface area contributed by atoms with E-state index in [0.717, 1.165) is 243 Å². The molecule has 32 aromatic rings. The largest absolute Gasteiger partial charge is 0.455 e. The van der Waals surface area contributed by atoms with Gasteiger partial charge in [0, 0.05) is 153 Å². The smallest absolute Gasteiger partial charge is 0.188 e. The van der Waals surface area contributed by atoms with Crippen LogP contribution in [0.3, 0.4) is 0 Å². The molecule has 13 heterocycles. The number of hydrogen-bond donors (Lipinski definition) is 0. The Hall–Kier alpha value is -19.7. The van der Waals surface area contributed by atoms with Crippen LogP contribution < -0.4 is 0 Å². The molecule has 0 amide bonds. The van der Waals surface area contributed by atoms with Crippen LogP contribution in [0.2, 0.25) is 0 Å². The van der Waals surface area contributed by atoms with Crippen molar-refractivity contribution < 1.29 is 13.3 Å². The molecule has 0 spiro atoms. The van der Waals surface area contributed by atoms with Gasteiger partial charge < -0.3 is 22.4 Å². The van der Waals surface area contributed by atoms with Crippen molar-refractivity contribution in [2.45, 2.75) is 0 Å². The van der Waals surface area contributed by atoms with Crippen LogP contribution in [0.25, 0.3) is 313 Å². The summed E-state index contributed by atoms with van der Waals surface area (Å²) >= 11 is 5.38. The van der Waals surface area contributed by atoms with Crippen molar-refractivity contribution in [1.29, 1.82) is 0 Å². The Bertz CT molecular complexity index is 11300. The van der Waals surface area contributed by atoms with E-state index in [-0.39, 0.29) is 0 Å². The van der Waals surface area contributed by atoms with E-state index in [1.165, 1.54) is 60.5 Å². The highest BCUT2D eigenvalue weighted by molar-refractivity contribution is 7.27. The summed E-state index contributed by atoms with van der Waals surface area (Å²) in [6.07, 6.45) is 7.44. The molecule has 0 saturated heterocycles. The van der Waals surface area contributed by atoms with E-state index < -0.39 is 0 Å². The number of aromatic nitrogens is 7. The van der Waals surface area contributed by atoms with Gasteiger partial charge >= 0.3 is 0 Å². The molecular weight excluding hydrogens is 1890 g/mol. The van der Waals surface area contributed by atoms with Crippen molar-refractivity contribution in [3.05, 3.63) is 478 Å². The van der Waals surface area contributed by atoms with Gasteiger partial charge in [0.2, 0.25) is 0 Å². The molecule has 0 radical (unpaired) electrons.